The summed E-state index contributed by atoms with van der Waals surface area (Å²) in [6.07, 6.45) is 0. The van der Waals surface area contributed by atoms with Crippen molar-refractivity contribution in [1.82, 2.24) is 4.57 Å². The molecule has 0 saturated heterocycles. The number of hydrogen-bond acceptors (Lipinski definition) is 6. The Morgan fingerprint density at radius 2 is 1.75 bits per heavy atom. The molecule has 0 unspecified atom stereocenters. The lowest BCUT2D eigenvalue weighted by atomic mass is 10.1. The maximum Gasteiger partial charge on any atom is 0.337 e. The van der Waals surface area contributed by atoms with Crippen LogP contribution in [-0.2, 0) is 16.0 Å². The second-order valence-corrected chi connectivity index (χ2v) is 8.03. The minimum absolute atomic E-state index is 0.386. The van der Waals surface area contributed by atoms with E-state index in [0.717, 1.165) is 21.0 Å². The van der Waals surface area contributed by atoms with Crippen molar-refractivity contribution in [3.05, 3.63) is 70.5 Å². The van der Waals surface area contributed by atoms with Gasteiger partial charge in [0.05, 0.1) is 42.2 Å². The number of hydrogen-bond donors (Lipinski definition) is 0. The highest BCUT2D eigenvalue weighted by molar-refractivity contribution is 7.16. The lowest BCUT2D eigenvalue weighted by Crippen LogP contribution is -2.19. The summed E-state index contributed by atoms with van der Waals surface area (Å²) < 4.78 is 18.3. The minimum Gasteiger partial charge on any atom is -0.496 e. The summed E-state index contributed by atoms with van der Waals surface area (Å²) >= 11 is 1.33. The van der Waals surface area contributed by atoms with Crippen LogP contribution in [0.3, 0.4) is 0 Å². The van der Waals surface area contributed by atoms with Crippen molar-refractivity contribution in [1.29, 1.82) is 0 Å². The van der Waals surface area contributed by atoms with E-state index in [4.69, 9.17) is 14.2 Å². The molecule has 0 saturated carbocycles. The summed E-state index contributed by atoms with van der Waals surface area (Å²) in [5.74, 6) is -0.354. The number of rotatable bonds is 6. The highest BCUT2D eigenvalue weighted by Crippen LogP contribution is 2.27. The Kier molecular flexibility index (Phi) is 6.34. The van der Waals surface area contributed by atoms with Gasteiger partial charge in [0.2, 0.25) is 0 Å². The number of carbonyl (C=O) groups is 2. The molecule has 0 atom stereocenters. The second-order valence-electron chi connectivity index (χ2n) is 7.02. The molecule has 0 aliphatic rings. The van der Waals surface area contributed by atoms with Crippen LogP contribution in [0.1, 0.15) is 20.7 Å². The van der Waals surface area contributed by atoms with Crippen LogP contribution in [0.5, 0.6) is 5.75 Å². The predicted octanol–water partition coefficient (Wildman–Crippen LogP) is 4.04. The van der Waals surface area contributed by atoms with Crippen LogP contribution >= 0.6 is 11.3 Å². The molecular weight excluding hydrogens is 428 g/mol. The third-order valence-corrected chi connectivity index (χ3v) is 6.16. The van der Waals surface area contributed by atoms with Crippen molar-refractivity contribution in [2.75, 3.05) is 27.9 Å². The van der Waals surface area contributed by atoms with E-state index < -0.39 is 11.9 Å². The number of thiazole rings is 1. The van der Waals surface area contributed by atoms with Crippen LogP contribution in [0.15, 0.2) is 59.6 Å². The zero-order valence-electron chi connectivity index (χ0n) is 18.0. The fraction of sp³-hybridized carbons (Fsp3) is 0.208. The zero-order valence-corrected chi connectivity index (χ0v) is 18.8. The molecule has 1 amide bonds. The molecular formula is C24H22N2O5S. The van der Waals surface area contributed by atoms with E-state index in [0.29, 0.717) is 34.8 Å². The van der Waals surface area contributed by atoms with Crippen LogP contribution < -0.4 is 9.54 Å². The molecule has 0 N–H and O–H groups in total. The van der Waals surface area contributed by atoms with Crippen LogP contribution in [0.25, 0.3) is 21.0 Å². The van der Waals surface area contributed by atoms with Crippen molar-refractivity contribution < 1.29 is 23.8 Å². The highest BCUT2D eigenvalue weighted by atomic mass is 32.1. The summed E-state index contributed by atoms with van der Waals surface area (Å²) in [5, 5.41) is 1.91. The van der Waals surface area contributed by atoms with Crippen LogP contribution in [0.2, 0.25) is 0 Å². The Hall–Kier alpha value is -3.49. The van der Waals surface area contributed by atoms with Crippen molar-refractivity contribution in [3.8, 4) is 5.75 Å². The predicted molar refractivity (Wildman–Crippen MR) is 123 cm³/mol. The fourth-order valence-electron chi connectivity index (χ4n) is 3.50. The Labute approximate surface area is 188 Å². The van der Waals surface area contributed by atoms with Gasteiger partial charge in [-0.15, -0.1) is 0 Å². The highest BCUT2D eigenvalue weighted by Gasteiger charge is 2.16. The van der Waals surface area contributed by atoms with Gasteiger partial charge >= 0.3 is 5.97 Å². The zero-order chi connectivity index (χ0) is 22.7. The fourth-order valence-corrected chi connectivity index (χ4v) is 4.60. The largest absolute Gasteiger partial charge is 0.496 e. The minimum atomic E-state index is -0.417. The van der Waals surface area contributed by atoms with E-state index in [2.05, 4.69) is 4.99 Å². The van der Waals surface area contributed by atoms with Gasteiger partial charge in [-0.25, -0.2) is 4.79 Å². The van der Waals surface area contributed by atoms with Gasteiger partial charge in [-0.05, 0) is 41.1 Å². The first-order valence-corrected chi connectivity index (χ1v) is 10.7. The second kappa shape index (κ2) is 9.33. The third-order valence-electron chi connectivity index (χ3n) is 5.12. The van der Waals surface area contributed by atoms with E-state index in [1.54, 1.807) is 25.3 Å². The number of esters is 1. The number of fused-ring (bicyclic) bond motifs is 2. The lowest BCUT2D eigenvalue weighted by molar-refractivity contribution is 0.0600. The molecule has 0 fully saturated rings. The van der Waals surface area contributed by atoms with E-state index in [-0.39, 0.29) is 0 Å². The molecule has 7 nitrogen and oxygen atoms in total. The average Bonchev–Trinajstić information content (AvgIpc) is 3.16. The number of carbonyl (C=O) groups excluding carboxylic acids is 2. The van der Waals surface area contributed by atoms with E-state index in [9.17, 15) is 9.59 Å². The lowest BCUT2D eigenvalue weighted by Gasteiger charge is -2.08. The summed E-state index contributed by atoms with van der Waals surface area (Å²) in [4.78, 5) is 30.1. The van der Waals surface area contributed by atoms with Crippen LogP contribution in [0.4, 0.5) is 0 Å². The van der Waals surface area contributed by atoms with Gasteiger partial charge in [0.1, 0.15) is 5.75 Å². The van der Waals surface area contributed by atoms with Crippen LogP contribution in [0, 0.1) is 0 Å². The quantitative estimate of drug-likeness (QED) is 0.414. The Morgan fingerprint density at radius 1 is 1.00 bits per heavy atom. The molecule has 0 bridgehead atoms. The summed E-state index contributed by atoms with van der Waals surface area (Å²) in [5.41, 5.74) is 1.68. The molecule has 32 heavy (non-hydrogen) atoms. The average molecular weight is 451 g/mol. The first-order chi connectivity index (χ1) is 15.5. The van der Waals surface area contributed by atoms with Crippen molar-refractivity contribution in [2.45, 2.75) is 6.54 Å². The summed E-state index contributed by atoms with van der Waals surface area (Å²) in [6.45, 7) is 0.959. The summed E-state index contributed by atoms with van der Waals surface area (Å²) in [7, 11) is 4.50. The normalized spacial score (nSPS) is 11.8. The number of amides is 1. The van der Waals surface area contributed by atoms with E-state index in [1.807, 2.05) is 41.0 Å². The smallest absolute Gasteiger partial charge is 0.337 e. The Morgan fingerprint density at radius 3 is 2.44 bits per heavy atom. The van der Waals surface area contributed by atoms with Crippen molar-refractivity contribution in [3.63, 3.8) is 0 Å². The first kappa shape index (κ1) is 21.7. The molecule has 4 rings (SSSR count). The molecule has 4 aromatic rings. The molecule has 1 heterocycles. The molecule has 1 aromatic heterocycles. The molecule has 3 aromatic carbocycles. The standard InChI is InChI=1S/C24H22N2O5S/c1-29-11-10-26-19-9-8-17(23(28)31-3)14-21(19)32-24(26)25-22(27)18-12-15-6-4-5-7-16(15)13-20(18)30-2/h4-9,12-14H,10-11H2,1-3H3. The molecule has 0 radical (unpaired) electrons. The number of methoxy groups -OCH3 is 3. The summed E-state index contributed by atoms with van der Waals surface area (Å²) in [6, 6.07) is 16.7. The third kappa shape index (κ3) is 4.15. The topological polar surface area (TPSA) is 79.1 Å². The Bertz CT molecular complexity index is 1390. The number of ether oxygens (including phenoxy) is 3. The monoisotopic (exact) mass is 450 g/mol. The van der Waals surface area contributed by atoms with Crippen molar-refractivity contribution >= 4 is 44.2 Å². The molecule has 164 valence electrons. The van der Waals surface area contributed by atoms with Crippen molar-refractivity contribution in [2.24, 2.45) is 4.99 Å². The SMILES string of the molecule is COCCn1c(=NC(=O)c2cc3ccccc3cc2OC)sc2cc(C(=O)OC)ccc21. The maximum atomic E-state index is 13.2. The van der Waals surface area contributed by atoms with Gasteiger partial charge in [-0.3, -0.25) is 4.79 Å². The van der Waals surface area contributed by atoms with Gasteiger partial charge in [0, 0.05) is 13.7 Å². The van der Waals surface area contributed by atoms with Gasteiger partial charge in [-0.1, -0.05) is 35.6 Å². The number of aromatic nitrogens is 1. The first-order valence-electron chi connectivity index (χ1n) is 9.92. The van der Waals surface area contributed by atoms with Gasteiger partial charge in [0.25, 0.3) is 5.91 Å². The maximum absolute atomic E-state index is 13.2. The van der Waals surface area contributed by atoms with Gasteiger partial charge in [-0.2, -0.15) is 4.99 Å². The Balaban J connectivity index is 1.85. The molecule has 0 aliphatic carbocycles. The number of benzene rings is 3. The molecule has 0 aliphatic heterocycles. The van der Waals surface area contributed by atoms with Gasteiger partial charge < -0.3 is 18.8 Å². The number of nitrogens with zero attached hydrogens (tertiary/aromatic N) is 2. The molecule has 0 spiro atoms. The van der Waals surface area contributed by atoms with E-state index in [1.165, 1.54) is 25.6 Å². The van der Waals surface area contributed by atoms with Gasteiger partial charge in [0.15, 0.2) is 4.80 Å². The van der Waals surface area contributed by atoms with Crippen LogP contribution in [-0.4, -0.2) is 44.4 Å². The van der Waals surface area contributed by atoms with E-state index >= 15 is 0 Å². The molecule has 8 heteroatoms.